The van der Waals surface area contributed by atoms with Crippen molar-refractivity contribution in [2.75, 3.05) is 25.0 Å². The van der Waals surface area contributed by atoms with Gasteiger partial charge in [0.1, 0.15) is 5.82 Å². The number of rotatable bonds is 3. The number of halogens is 1. The molecule has 4 heteroatoms. The lowest BCUT2D eigenvalue weighted by Gasteiger charge is -2.23. The van der Waals surface area contributed by atoms with Crippen molar-refractivity contribution in [3.8, 4) is 6.07 Å². The summed E-state index contributed by atoms with van der Waals surface area (Å²) in [6.07, 6.45) is 2.29. The average Bonchev–Trinajstić information content (AvgIpc) is 2.37. The van der Waals surface area contributed by atoms with Gasteiger partial charge in [-0.2, -0.15) is 5.26 Å². The van der Waals surface area contributed by atoms with Gasteiger partial charge >= 0.3 is 0 Å². The maximum Gasteiger partial charge on any atom is 0.126 e. The van der Waals surface area contributed by atoms with E-state index in [1.54, 1.807) is 6.07 Å². The maximum absolute atomic E-state index is 13.2. The first-order valence-corrected chi connectivity index (χ1v) is 5.93. The Morgan fingerprint density at radius 3 is 2.82 bits per heavy atom. The summed E-state index contributed by atoms with van der Waals surface area (Å²) >= 11 is 0. The van der Waals surface area contributed by atoms with E-state index in [1.165, 1.54) is 12.1 Å². The Morgan fingerprint density at radius 1 is 1.35 bits per heavy atom. The zero-order valence-electron chi connectivity index (χ0n) is 9.67. The van der Waals surface area contributed by atoms with Crippen molar-refractivity contribution in [3.63, 3.8) is 0 Å². The highest BCUT2D eigenvalue weighted by molar-refractivity contribution is 5.49. The number of hydrogen-bond donors (Lipinski definition) is 2. The van der Waals surface area contributed by atoms with Crippen LogP contribution in [-0.4, -0.2) is 19.6 Å². The molecule has 1 aromatic rings. The lowest BCUT2D eigenvalue weighted by molar-refractivity contribution is 0.390. The second-order valence-electron chi connectivity index (χ2n) is 4.41. The van der Waals surface area contributed by atoms with E-state index >= 15 is 0 Å². The van der Waals surface area contributed by atoms with Crippen LogP contribution >= 0.6 is 0 Å². The predicted molar refractivity (Wildman–Crippen MR) is 65.2 cm³/mol. The zero-order valence-corrected chi connectivity index (χ0v) is 9.67. The number of benzene rings is 1. The van der Waals surface area contributed by atoms with Crippen LogP contribution in [0.25, 0.3) is 0 Å². The van der Waals surface area contributed by atoms with E-state index in [0.717, 1.165) is 32.5 Å². The second-order valence-corrected chi connectivity index (χ2v) is 4.41. The van der Waals surface area contributed by atoms with Crippen LogP contribution < -0.4 is 10.6 Å². The Kier molecular flexibility index (Phi) is 3.94. The number of anilines is 1. The number of hydrogen-bond acceptors (Lipinski definition) is 3. The summed E-state index contributed by atoms with van der Waals surface area (Å²) in [7, 11) is 0. The van der Waals surface area contributed by atoms with E-state index in [1.807, 2.05) is 6.07 Å². The van der Waals surface area contributed by atoms with E-state index < -0.39 is 0 Å². The van der Waals surface area contributed by atoms with Gasteiger partial charge in [0.2, 0.25) is 0 Å². The third-order valence-corrected chi connectivity index (χ3v) is 3.08. The van der Waals surface area contributed by atoms with Crippen LogP contribution in [0.2, 0.25) is 0 Å². The van der Waals surface area contributed by atoms with Gasteiger partial charge in [0.25, 0.3) is 0 Å². The summed E-state index contributed by atoms with van der Waals surface area (Å²) < 4.78 is 13.2. The van der Waals surface area contributed by atoms with Crippen LogP contribution in [-0.2, 0) is 0 Å². The van der Waals surface area contributed by atoms with Crippen LogP contribution in [0.5, 0.6) is 0 Å². The van der Waals surface area contributed by atoms with Crippen LogP contribution in [0.15, 0.2) is 18.2 Å². The van der Waals surface area contributed by atoms with E-state index in [9.17, 15) is 4.39 Å². The molecule has 1 aliphatic heterocycles. The molecular weight excluding hydrogens is 217 g/mol. The van der Waals surface area contributed by atoms with E-state index in [0.29, 0.717) is 17.2 Å². The van der Waals surface area contributed by atoms with Gasteiger partial charge in [-0.05, 0) is 50.0 Å². The van der Waals surface area contributed by atoms with Crippen molar-refractivity contribution in [2.24, 2.45) is 5.92 Å². The fraction of sp³-hybridized carbons (Fsp3) is 0.462. The first kappa shape index (κ1) is 11.9. The SMILES string of the molecule is N#Cc1cc(F)cc(NCC2CCNCC2)c1. The molecule has 0 bridgehead atoms. The Balaban J connectivity index is 1.94. The fourth-order valence-electron chi connectivity index (χ4n) is 2.10. The van der Waals surface area contributed by atoms with Gasteiger partial charge in [-0.25, -0.2) is 4.39 Å². The molecule has 90 valence electrons. The molecule has 0 unspecified atom stereocenters. The smallest absolute Gasteiger partial charge is 0.126 e. The molecule has 0 aromatic heterocycles. The molecule has 1 aliphatic rings. The van der Waals surface area contributed by atoms with Crippen molar-refractivity contribution >= 4 is 5.69 Å². The second kappa shape index (κ2) is 5.65. The molecule has 0 spiro atoms. The van der Waals surface area contributed by atoms with Crippen LogP contribution in [0.1, 0.15) is 18.4 Å². The summed E-state index contributed by atoms with van der Waals surface area (Å²) in [5.41, 5.74) is 1.05. The Labute approximate surface area is 101 Å². The topological polar surface area (TPSA) is 47.9 Å². The average molecular weight is 233 g/mol. The molecule has 0 amide bonds. The first-order valence-electron chi connectivity index (χ1n) is 5.93. The Bertz CT molecular complexity index is 419. The molecule has 0 radical (unpaired) electrons. The van der Waals surface area contributed by atoms with Crippen molar-refractivity contribution in [1.29, 1.82) is 5.26 Å². The lowest BCUT2D eigenvalue weighted by Crippen LogP contribution is -2.31. The van der Waals surface area contributed by atoms with Gasteiger partial charge in [0.05, 0.1) is 11.6 Å². The van der Waals surface area contributed by atoms with E-state index in [-0.39, 0.29) is 5.82 Å². The number of nitriles is 1. The quantitative estimate of drug-likeness (QED) is 0.840. The van der Waals surface area contributed by atoms with Gasteiger partial charge in [-0.1, -0.05) is 0 Å². The summed E-state index contributed by atoms with van der Waals surface area (Å²) in [6.45, 7) is 2.95. The molecule has 1 saturated heterocycles. The van der Waals surface area contributed by atoms with Gasteiger partial charge in [0.15, 0.2) is 0 Å². The standard InChI is InChI=1S/C13H16FN3/c14-12-5-11(8-15)6-13(7-12)17-9-10-1-3-16-4-2-10/h5-7,10,16-17H,1-4,9H2. The van der Waals surface area contributed by atoms with Crippen molar-refractivity contribution < 1.29 is 4.39 Å². The minimum atomic E-state index is -0.364. The van der Waals surface area contributed by atoms with Gasteiger partial charge in [-0.3, -0.25) is 0 Å². The summed E-state index contributed by atoms with van der Waals surface area (Å²) in [4.78, 5) is 0. The Morgan fingerprint density at radius 2 is 2.12 bits per heavy atom. The van der Waals surface area contributed by atoms with Gasteiger partial charge in [-0.15, -0.1) is 0 Å². The van der Waals surface area contributed by atoms with Crippen molar-refractivity contribution in [1.82, 2.24) is 5.32 Å². The molecule has 1 fully saturated rings. The largest absolute Gasteiger partial charge is 0.385 e. The minimum Gasteiger partial charge on any atom is -0.385 e. The molecule has 3 nitrogen and oxygen atoms in total. The maximum atomic E-state index is 13.2. The molecule has 17 heavy (non-hydrogen) atoms. The van der Waals surface area contributed by atoms with Crippen LogP contribution in [0.3, 0.4) is 0 Å². The molecule has 0 saturated carbocycles. The fourth-order valence-corrected chi connectivity index (χ4v) is 2.10. The highest BCUT2D eigenvalue weighted by Crippen LogP contribution is 2.16. The predicted octanol–water partition coefficient (Wildman–Crippen LogP) is 2.11. The van der Waals surface area contributed by atoms with Gasteiger partial charge < -0.3 is 10.6 Å². The molecule has 2 rings (SSSR count). The zero-order chi connectivity index (χ0) is 12.1. The summed E-state index contributed by atoms with van der Waals surface area (Å²) in [6, 6.07) is 6.32. The van der Waals surface area contributed by atoms with Gasteiger partial charge in [0, 0.05) is 12.2 Å². The third kappa shape index (κ3) is 3.43. The molecule has 0 atom stereocenters. The van der Waals surface area contributed by atoms with Crippen molar-refractivity contribution in [2.45, 2.75) is 12.8 Å². The van der Waals surface area contributed by atoms with E-state index in [4.69, 9.17) is 5.26 Å². The Hall–Kier alpha value is -1.60. The lowest BCUT2D eigenvalue weighted by atomic mass is 9.98. The molecule has 1 aromatic carbocycles. The summed E-state index contributed by atoms with van der Waals surface area (Å²) in [5.74, 6) is 0.266. The molecule has 1 heterocycles. The van der Waals surface area contributed by atoms with E-state index in [2.05, 4.69) is 10.6 Å². The molecule has 2 N–H and O–H groups in total. The number of nitrogens with zero attached hydrogens (tertiary/aromatic N) is 1. The van der Waals surface area contributed by atoms with Crippen LogP contribution in [0.4, 0.5) is 10.1 Å². The number of piperidine rings is 1. The minimum absolute atomic E-state index is 0.359. The van der Waals surface area contributed by atoms with Crippen molar-refractivity contribution in [3.05, 3.63) is 29.6 Å². The molecule has 0 aliphatic carbocycles. The number of nitrogens with one attached hydrogen (secondary N) is 2. The van der Waals surface area contributed by atoms with Crippen LogP contribution in [0, 0.1) is 23.1 Å². The molecular formula is C13H16FN3. The monoisotopic (exact) mass is 233 g/mol. The normalized spacial score (nSPS) is 16.5. The third-order valence-electron chi connectivity index (χ3n) is 3.08. The highest BCUT2D eigenvalue weighted by Gasteiger charge is 2.12. The first-order chi connectivity index (χ1) is 8.28. The summed E-state index contributed by atoms with van der Waals surface area (Å²) in [5, 5.41) is 15.3. The highest BCUT2D eigenvalue weighted by atomic mass is 19.1.